The van der Waals surface area contributed by atoms with Gasteiger partial charge in [-0.1, -0.05) is 11.6 Å². The fourth-order valence-electron chi connectivity index (χ4n) is 0.974. The molecule has 0 N–H and O–H groups in total. The van der Waals surface area contributed by atoms with Gasteiger partial charge in [0.25, 0.3) is 0 Å². The van der Waals surface area contributed by atoms with E-state index in [1.54, 1.807) is 19.9 Å². The van der Waals surface area contributed by atoms with Crippen LogP contribution in [0.25, 0.3) is 0 Å². The van der Waals surface area contributed by atoms with Crippen LogP contribution in [0.4, 0.5) is 0 Å². The van der Waals surface area contributed by atoms with Gasteiger partial charge in [0.15, 0.2) is 0 Å². The van der Waals surface area contributed by atoms with Crippen molar-refractivity contribution in [1.29, 1.82) is 5.26 Å². The van der Waals surface area contributed by atoms with E-state index in [0.717, 1.165) is 10.5 Å². The zero-order chi connectivity index (χ0) is 11.3. The van der Waals surface area contributed by atoms with Crippen LogP contribution >= 0.6 is 11.3 Å². The van der Waals surface area contributed by atoms with E-state index in [0.29, 0.717) is 0 Å². The van der Waals surface area contributed by atoms with Gasteiger partial charge in [0.1, 0.15) is 6.07 Å². The lowest BCUT2D eigenvalue weighted by Crippen LogP contribution is -2.06. The number of carbonyl (C=O) groups excluding carboxylic acids is 1. The fraction of sp³-hybridized carbons (Fsp3) is 0.273. The summed E-state index contributed by atoms with van der Waals surface area (Å²) in [5.74, 6) is -0.477. The van der Waals surface area contributed by atoms with Crippen molar-refractivity contribution in [3.05, 3.63) is 34.0 Å². The molecule has 0 bridgehead atoms. The van der Waals surface area contributed by atoms with Gasteiger partial charge in [-0.3, -0.25) is 0 Å². The third-order valence-electron chi connectivity index (χ3n) is 1.56. The van der Waals surface area contributed by atoms with Crippen LogP contribution in [-0.2, 0) is 9.53 Å². The molecule has 0 aliphatic carbocycles. The molecule has 15 heavy (non-hydrogen) atoms. The summed E-state index contributed by atoms with van der Waals surface area (Å²) in [4.78, 5) is 12.0. The van der Waals surface area contributed by atoms with Gasteiger partial charge in [-0.2, -0.15) is 5.26 Å². The molecular formula is C11H11NO2S. The lowest BCUT2D eigenvalue weighted by atomic mass is 10.3. The topological polar surface area (TPSA) is 50.1 Å². The van der Waals surface area contributed by atoms with E-state index in [1.165, 1.54) is 17.4 Å². The Morgan fingerprint density at radius 3 is 2.87 bits per heavy atom. The molecule has 0 aliphatic heterocycles. The quantitative estimate of drug-likeness (QED) is 0.582. The molecule has 4 heteroatoms. The molecule has 1 rings (SSSR count). The largest absolute Gasteiger partial charge is 0.438 e. The highest BCUT2D eigenvalue weighted by Gasteiger charge is 2.15. The summed E-state index contributed by atoms with van der Waals surface area (Å²) < 4.78 is 4.99. The van der Waals surface area contributed by atoms with Crippen LogP contribution in [-0.4, -0.2) is 5.97 Å². The maximum Gasteiger partial charge on any atom is 0.332 e. The monoisotopic (exact) mass is 221 g/mol. The number of nitriles is 1. The summed E-state index contributed by atoms with van der Waals surface area (Å²) in [6, 6.07) is 5.54. The van der Waals surface area contributed by atoms with Gasteiger partial charge >= 0.3 is 5.97 Å². The lowest BCUT2D eigenvalue weighted by Gasteiger charge is -2.06. The average Bonchev–Trinajstić information content (AvgIpc) is 2.65. The highest BCUT2D eigenvalue weighted by Crippen LogP contribution is 2.21. The Morgan fingerprint density at radius 1 is 1.67 bits per heavy atom. The first kappa shape index (κ1) is 11.5. The Balaban J connectivity index is 2.68. The smallest absolute Gasteiger partial charge is 0.332 e. The summed E-state index contributed by atoms with van der Waals surface area (Å²) in [6.45, 7) is 3.60. The highest BCUT2D eigenvalue weighted by atomic mass is 32.1. The van der Waals surface area contributed by atoms with Gasteiger partial charge in [0.2, 0.25) is 6.10 Å². The van der Waals surface area contributed by atoms with Crippen molar-refractivity contribution in [2.75, 3.05) is 0 Å². The lowest BCUT2D eigenvalue weighted by molar-refractivity contribution is -0.140. The van der Waals surface area contributed by atoms with Gasteiger partial charge in [-0.25, -0.2) is 4.79 Å². The molecule has 0 amide bonds. The zero-order valence-electron chi connectivity index (χ0n) is 8.56. The number of allylic oxidation sites excluding steroid dienone is 1. The second-order valence-electron chi connectivity index (χ2n) is 3.18. The van der Waals surface area contributed by atoms with E-state index in [2.05, 4.69) is 0 Å². The van der Waals surface area contributed by atoms with E-state index in [4.69, 9.17) is 10.00 Å². The van der Waals surface area contributed by atoms with E-state index >= 15 is 0 Å². The van der Waals surface area contributed by atoms with Crippen molar-refractivity contribution in [3.8, 4) is 6.07 Å². The molecule has 0 aliphatic rings. The number of nitrogens with zero attached hydrogens (tertiary/aromatic N) is 1. The van der Waals surface area contributed by atoms with Crippen molar-refractivity contribution < 1.29 is 9.53 Å². The molecule has 0 aromatic carbocycles. The first-order valence-corrected chi connectivity index (χ1v) is 5.30. The molecule has 78 valence electrons. The Kier molecular flexibility index (Phi) is 4.07. The number of thiophene rings is 1. The second kappa shape index (κ2) is 5.32. The highest BCUT2D eigenvalue weighted by molar-refractivity contribution is 7.10. The predicted octanol–water partition coefficient (Wildman–Crippen LogP) is 2.82. The first-order chi connectivity index (χ1) is 7.13. The number of carbonyl (C=O) groups is 1. The fourth-order valence-corrected chi connectivity index (χ4v) is 1.67. The summed E-state index contributed by atoms with van der Waals surface area (Å²) in [6.07, 6.45) is 0.575. The van der Waals surface area contributed by atoms with Gasteiger partial charge in [-0.05, 0) is 25.3 Å². The predicted molar refractivity (Wildman–Crippen MR) is 58.2 cm³/mol. The average molecular weight is 221 g/mol. The standard InChI is InChI=1S/C11H11NO2S/c1-8(2)6-11(13)14-9(7-12)10-4-3-5-15-10/h3-6,9H,1-2H3. The molecule has 1 unspecified atom stereocenters. The molecule has 1 aromatic heterocycles. The number of rotatable bonds is 3. The van der Waals surface area contributed by atoms with Crippen LogP contribution in [0.1, 0.15) is 24.8 Å². The number of hydrogen-bond acceptors (Lipinski definition) is 4. The zero-order valence-corrected chi connectivity index (χ0v) is 9.38. The van der Waals surface area contributed by atoms with Gasteiger partial charge in [0, 0.05) is 6.08 Å². The molecule has 0 spiro atoms. The maximum atomic E-state index is 11.3. The SMILES string of the molecule is CC(C)=CC(=O)OC(C#N)c1cccs1. The number of hydrogen-bond donors (Lipinski definition) is 0. The minimum Gasteiger partial charge on any atom is -0.438 e. The normalized spacial score (nSPS) is 11.3. The molecular weight excluding hydrogens is 210 g/mol. The van der Waals surface area contributed by atoms with Crippen LogP contribution in [0.3, 0.4) is 0 Å². The second-order valence-corrected chi connectivity index (χ2v) is 4.16. The minimum absolute atomic E-state index is 0.477. The van der Waals surface area contributed by atoms with E-state index in [-0.39, 0.29) is 0 Å². The molecule has 0 fully saturated rings. The summed E-state index contributed by atoms with van der Waals surface area (Å²) in [5, 5.41) is 10.7. The van der Waals surface area contributed by atoms with Gasteiger partial charge < -0.3 is 4.74 Å². The minimum atomic E-state index is -0.798. The molecule has 0 radical (unpaired) electrons. The van der Waals surface area contributed by atoms with Crippen LogP contribution in [0.5, 0.6) is 0 Å². The van der Waals surface area contributed by atoms with Crippen molar-refractivity contribution in [2.24, 2.45) is 0 Å². The van der Waals surface area contributed by atoms with Gasteiger partial charge in [0.05, 0.1) is 4.88 Å². The summed E-state index contributed by atoms with van der Waals surface area (Å²) in [7, 11) is 0. The number of esters is 1. The van der Waals surface area contributed by atoms with Crippen molar-refractivity contribution >= 4 is 17.3 Å². The Bertz CT molecular complexity index is 397. The Hall–Kier alpha value is -1.60. The van der Waals surface area contributed by atoms with Crippen LogP contribution < -0.4 is 0 Å². The van der Waals surface area contributed by atoms with Gasteiger partial charge in [-0.15, -0.1) is 11.3 Å². The van der Waals surface area contributed by atoms with Crippen LogP contribution in [0.15, 0.2) is 29.2 Å². The molecule has 3 nitrogen and oxygen atoms in total. The van der Waals surface area contributed by atoms with E-state index in [1.807, 2.05) is 17.5 Å². The molecule has 1 atom stereocenters. The molecule has 1 heterocycles. The number of ether oxygens (including phenoxy) is 1. The third-order valence-corrected chi connectivity index (χ3v) is 2.47. The maximum absolute atomic E-state index is 11.3. The van der Waals surface area contributed by atoms with E-state index in [9.17, 15) is 4.79 Å². The molecule has 0 saturated carbocycles. The van der Waals surface area contributed by atoms with Crippen LogP contribution in [0, 0.1) is 11.3 Å². The van der Waals surface area contributed by atoms with Crippen molar-refractivity contribution in [2.45, 2.75) is 20.0 Å². The first-order valence-electron chi connectivity index (χ1n) is 4.42. The summed E-state index contributed by atoms with van der Waals surface area (Å²) >= 11 is 1.40. The van der Waals surface area contributed by atoms with Crippen molar-refractivity contribution in [3.63, 3.8) is 0 Å². The summed E-state index contributed by atoms with van der Waals surface area (Å²) in [5.41, 5.74) is 0.850. The third kappa shape index (κ3) is 3.56. The van der Waals surface area contributed by atoms with E-state index < -0.39 is 12.1 Å². The Morgan fingerprint density at radius 2 is 2.40 bits per heavy atom. The Labute approximate surface area is 92.6 Å². The molecule has 0 saturated heterocycles. The van der Waals surface area contributed by atoms with Crippen LogP contribution in [0.2, 0.25) is 0 Å². The molecule has 1 aromatic rings. The van der Waals surface area contributed by atoms with Crippen molar-refractivity contribution in [1.82, 2.24) is 0 Å².